The Hall–Kier alpha value is -3.47. The van der Waals surface area contributed by atoms with Gasteiger partial charge in [0.1, 0.15) is 15.7 Å². The molecule has 2 N–H and O–H groups in total. The highest BCUT2D eigenvalue weighted by Crippen LogP contribution is 2.29. The normalized spacial score (nSPS) is 11.1. The summed E-state index contributed by atoms with van der Waals surface area (Å²) in [6, 6.07) is 18.3. The molecular formula is C23H19ClN4O4S2. The van der Waals surface area contributed by atoms with Crippen molar-refractivity contribution in [1.29, 1.82) is 0 Å². The number of benzene rings is 3. The van der Waals surface area contributed by atoms with Crippen LogP contribution in [0.25, 0.3) is 10.6 Å². The van der Waals surface area contributed by atoms with Gasteiger partial charge in [0, 0.05) is 11.1 Å². The summed E-state index contributed by atoms with van der Waals surface area (Å²) in [6.07, 6.45) is 0. The lowest BCUT2D eigenvalue weighted by molar-refractivity contribution is 0.102. The van der Waals surface area contributed by atoms with Crippen molar-refractivity contribution in [2.24, 2.45) is 0 Å². The van der Waals surface area contributed by atoms with Crippen LogP contribution in [0.1, 0.15) is 15.9 Å². The van der Waals surface area contributed by atoms with Crippen molar-refractivity contribution in [3.05, 3.63) is 82.9 Å². The number of hydrogen-bond acceptors (Lipinski definition) is 7. The third-order valence-electron chi connectivity index (χ3n) is 4.85. The quantitative estimate of drug-likeness (QED) is 0.349. The zero-order valence-corrected chi connectivity index (χ0v) is 20.5. The number of carbonyl (C=O) groups is 1. The number of amides is 1. The van der Waals surface area contributed by atoms with Gasteiger partial charge in [0.2, 0.25) is 5.13 Å². The molecule has 3 aromatic carbocycles. The van der Waals surface area contributed by atoms with Crippen molar-refractivity contribution in [2.75, 3.05) is 17.1 Å². The van der Waals surface area contributed by atoms with E-state index in [1.54, 1.807) is 50.4 Å². The Kier molecular flexibility index (Phi) is 6.82. The molecule has 0 saturated carbocycles. The Morgan fingerprint density at radius 3 is 2.47 bits per heavy atom. The van der Waals surface area contributed by atoms with Crippen LogP contribution in [0.15, 0.2) is 71.6 Å². The molecule has 4 aromatic rings. The first-order chi connectivity index (χ1) is 16.3. The Morgan fingerprint density at radius 1 is 1.03 bits per heavy atom. The summed E-state index contributed by atoms with van der Waals surface area (Å²) in [5.41, 5.74) is 2.10. The number of rotatable bonds is 7. The van der Waals surface area contributed by atoms with Crippen molar-refractivity contribution >= 4 is 49.7 Å². The van der Waals surface area contributed by atoms with Gasteiger partial charge in [-0.3, -0.25) is 14.8 Å². The molecule has 11 heteroatoms. The largest absolute Gasteiger partial charge is 0.497 e. The molecule has 8 nitrogen and oxygen atoms in total. The Bertz CT molecular complexity index is 1450. The number of aryl methyl sites for hydroxylation is 1. The number of para-hydroxylation sites is 1. The van der Waals surface area contributed by atoms with E-state index in [1.807, 2.05) is 12.1 Å². The van der Waals surface area contributed by atoms with Gasteiger partial charge in [-0.15, -0.1) is 10.2 Å². The fourth-order valence-corrected chi connectivity index (χ4v) is 5.43. The summed E-state index contributed by atoms with van der Waals surface area (Å²) in [7, 11) is -2.45. The summed E-state index contributed by atoms with van der Waals surface area (Å²) in [4.78, 5) is 12.6. The molecule has 1 aromatic heterocycles. The molecule has 1 amide bonds. The van der Waals surface area contributed by atoms with Crippen molar-refractivity contribution < 1.29 is 17.9 Å². The highest BCUT2D eigenvalue weighted by atomic mass is 35.5. The second-order valence-corrected chi connectivity index (χ2v) is 10.2. The number of anilines is 2. The van der Waals surface area contributed by atoms with Gasteiger partial charge in [-0.05, 0) is 61.0 Å². The number of aromatic nitrogens is 2. The van der Waals surface area contributed by atoms with Crippen LogP contribution in [0.3, 0.4) is 0 Å². The molecule has 0 unspecified atom stereocenters. The van der Waals surface area contributed by atoms with Crippen LogP contribution in [0, 0.1) is 6.92 Å². The molecule has 174 valence electrons. The highest BCUT2D eigenvalue weighted by Gasteiger charge is 2.21. The molecule has 0 aliphatic carbocycles. The molecule has 0 spiro atoms. The maximum absolute atomic E-state index is 13.0. The number of halogens is 1. The van der Waals surface area contributed by atoms with E-state index in [0.717, 1.165) is 11.1 Å². The predicted octanol–water partition coefficient (Wildman–Crippen LogP) is 5.23. The summed E-state index contributed by atoms with van der Waals surface area (Å²) in [5, 5.41) is 11.6. The van der Waals surface area contributed by atoms with Gasteiger partial charge < -0.3 is 4.74 Å². The topological polar surface area (TPSA) is 110 Å². The molecule has 0 atom stereocenters. The third kappa shape index (κ3) is 5.19. The number of nitrogens with one attached hydrogen (secondary N) is 2. The fraction of sp³-hybridized carbons (Fsp3) is 0.0870. The summed E-state index contributed by atoms with van der Waals surface area (Å²) in [5.74, 6) is 0.175. The van der Waals surface area contributed by atoms with Crippen LogP contribution in [0.4, 0.5) is 10.8 Å². The first kappa shape index (κ1) is 23.7. The van der Waals surface area contributed by atoms with Crippen molar-refractivity contribution in [1.82, 2.24) is 10.2 Å². The summed E-state index contributed by atoms with van der Waals surface area (Å²) in [6.45, 7) is 1.78. The molecule has 0 bridgehead atoms. The monoisotopic (exact) mass is 514 g/mol. The lowest BCUT2D eigenvalue weighted by atomic mass is 10.2. The molecular weight excluding hydrogens is 496 g/mol. The molecule has 1 heterocycles. The first-order valence-corrected chi connectivity index (χ1v) is 12.6. The Balaban J connectivity index is 1.54. The Morgan fingerprint density at radius 2 is 1.76 bits per heavy atom. The van der Waals surface area contributed by atoms with Crippen molar-refractivity contribution in [2.45, 2.75) is 11.8 Å². The number of nitrogens with zero attached hydrogens (tertiary/aromatic N) is 2. The van der Waals surface area contributed by atoms with E-state index in [9.17, 15) is 13.2 Å². The highest BCUT2D eigenvalue weighted by molar-refractivity contribution is 7.92. The minimum atomic E-state index is -4.03. The van der Waals surface area contributed by atoms with Gasteiger partial charge >= 0.3 is 0 Å². The van der Waals surface area contributed by atoms with Crippen LogP contribution in [0.2, 0.25) is 5.02 Å². The number of methoxy groups -OCH3 is 1. The average molecular weight is 515 g/mol. The zero-order chi connectivity index (χ0) is 24.3. The van der Waals surface area contributed by atoms with Gasteiger partial charge in [-0.2, -0.15) is 0 Å². The van der Waals surface area contributed by atoms with Crippen LogP contribution in [-0.2, 0) is 10.0 Å². The fourth-order valence-electron chi connectivity index (χ4n) is 3.03. The van der Waals surface area contributed by atoms with E-state index in [-0.39, 0.29) is 20.6 Å². The molecule has 0 fully saturated rings. The van der Waals surface area contributed by atoms with E-state index in [2.05, 4.69) is 20.2 Å². The second kappa shape index (κ2) is 9.80. The molecule has 4 rings (SSSR count). The lowest BCUT2D eigenvalue weighted by Gasteiger charge is -2.12. The zero-order valence-electron chi connectivity index (χ0n) is 18.1. The van der Waals surface area contributed by atoms with E-state index in [4.69, 9.17) is 16.3 Å². The maximum atomic E-state index is 13.0. The van der Waals surface area contributed by atoms with Gasteiger partial charge in [0.15, 0.2) is 0 Å². The lowest BCUT2D eigenvalue weighted by Crippen LogP contribution is -2.17. The molecule has 34 heavy (non-hydrogen) atoms. The van der Waals surface area contributed by atoms with E-state index < -0.39 is 15.9 Å². The van der Waals surface area contributed by atoms with Gasteiger partial charge in [-0.1, -0.05) is 41.1 Å². The SMILES string of the molecule is COc1ccc(-c2nnc(NC(=O)c3ccc(Cl)c(S(=O)(=O)Nc4ccccc4C)c3)s2)cc1. The van der Waals surface area contributed by atoms with Gasteiger partial charge in [-0.25, -0.2) is 8.42 Å². The third-order valence-corrected chi connectivity index (χ3v) is 7.59. The first-order valence-electron chi connectivity index (χ1n) is 9.94. The summed E-state index contributed by atoms with van der Waals surface area (Å²) < 4.78 is 33.6. The second-order valence-electron chi connectivity index (χ2n) is 7.16. The van der Waals surface area contributed by atoms with E-state index in [0.29, 0.717) is 16.4 Å². The Labute approximate surface area is 205 Å². The van der Waals surface area contributed by atoms with Crippen LogP contribution >= 0.6 is 22.9 Å². The number of hydrogen-bond donors (Lipinski definition) is 2. The average Bonchev–Trinajstić information content (AvgIpc) is 3.29. The summed E-state index contributed by atoms with van der Waals surface area (Å²) >= 11 is 7.35. The number of ether oxygens (including phenoxy) is 1. The molecule has 0 saturated heterocycles. The maximum Gasteiger partial charge on any atom is 0.263 e. The van der Waals surface area contributed by atoms with Crippen LogP contribution < -0.4 is 14.8 Å². The molecule has 0 radical (unpaired) electrons. The molecule has 0 aliphatic rings. The van der Waals surface area contributed by atoms with Gasteiger partial charge in [0.25, 0.3) is 15.9 Å². The van der Waals surface area contributed by atoms with Crippen LogP contribution in [0.5, 0.6) is 5.75 Å². The predicted molar refractivity (Wildman–Crippen MR) is 133 cm³/mol. The van der Waals surface area contributed by atoms with E-state index in [1.165, 1.54) is 29.5 Å². The van der Waals surface area contributed by atoms with E-state index >= 15 is 0 Å². The smallest absolute Gasteiger partial charge is 0.263 e. The number of carbonyl (C=O) groups excluding carboxylic acids is 1. The minimum absolute atomic E-state index is 0.00431. The van der Waals surface area contributed by atoms with Crippen molar-refractivity contribution in [3.8, 4) is 16.3 Å². The van der Waals surface area contributed by atoms with Crippen LogP contribution in [-0.4, -0.2) is 31.6 Å². The van der Waals surface area contributed by atoms with Gasteiger partial charge in [0.05, 0.1) is 17.8 Å². The standard InChI is InChI=1S/C23H19ClN4O4S2/c1-14-5-3-4-6-19(14)28-34(30,31)20-13-16(9-12-18(20)24)21(29)25-23-27-26-22(33-23)15-7-10-17(32-2)11-8-15/h3-13,28H,1-2H3,(H,25,27,29). The number of sulfonamides is 1. The van der Waals surface area contributed by atoms with Crippen molar-refractivity contribution in [3.63, 3.8) is 0 Å². The molecule has 0 aliphatic heterocycles. The minimum Gasteiger partial charge on any atom is -0.497 e.